The van der Waals surface area contributed by atoms with Crippen LogP contribution in [0.25, 0.3) is 0 Å². The van der Waals surface area contributed by atoms with Crippen LogP contribution in [-0.2, 0) is 20.2 Å². The first-order valence-electron chi connectivity index (χ1n) is 12.3. The molecule has 1 aliphatic heterocycles. The topological polar surface area (TPSA) is 36.9 Å². The predicted octanol–water partition coefficient (Wildman–Crippen LogP) is 7.28. The van der Waals surface area contributed by atoms with Crippen molar-refractivity contribution in [2.24, 2.45) is 0 Å². The number of methoxy groups -OCH3 is 1. The van der Waals surface area contributed by atoms with Crippen molar-refractivity contribution < 1.29 is 18.5 Å². The molecule has 4 nitrogen and oxygen atoms in total. The molecule has 2 rings (SSSR count). The van der Waals surface area contributed by atoms with Gasteiger partial charge in [-0.15, -0.1) is 0 Å². The van der Waals surface area contributed by atoms with Crippen LogP contribution < -0.4 is 4.74 Å². The fourth-order valence-electron chi connectivity index (χ4n) is 3.75. The quantitative estimate of drug-likeness (QED) is 0.256. The minimum Gasteiger partial charge on any atom is -0.497 e. The second-order valence-electron chi connectivity index (χ2n) is 11.9. The van der Waals surface area contributed by atoms with E-state index in [-0.39, 0.29) is 23.4 Å². The molecule has 1 aromatic carbocycles. The number of hydrogen-bond acceptors (Lipinski definition) is 4. The zero-order valence-electron chi connectivity index (χ0n) is 22.3. The number of hydrogen-bond donors (Lipinski definition) is 0. The predicted molar refractivity (Wildman–Crippen MR) is 138 cm³/mol. The molecule has 0 aliphatic carbocycles. The Morgan fingerprint density at radius 1 is 0.938 bits per heavy atom. The van der Waals surface area contributed by atoms with Crippen molar-refractivity contribution in [3.8, 4) is 5.75 Å². The van der Waals surface area contributed by atoms with Gasteiger partial charge >= 0.3 is 7.12 Å². The van der Waals surface area contributed by atoms with Gasteiger partial charge in [0.15, 0.2) is 8.32 Å². The monoisotopic (exact) mass is 462 g/mol. The lowest BCUT2D eigenvalue weighted by atomic mass is 9.67. The summed E-state index contributed by atoms with van der Waals surface area (Å²) >= 11 is 0. The molecule has 0 aromatic heterocycles. The summed E-state index contributed by atoms with van der Waals surface area (Å²) in [5.41, 5.74) is 0.771. The van der Waals surface area contributed by atoms with Gasteiger partial charge in [0, 0.05) is 6.61 Å². The van der Waals surface area contributed by atoms with E-state index in [1.807, 2.05) is 12.1 Å². The maximum atomic E-state index is 6.44. The normalized spacial score (nSPS) is 19.2. The van der Waals surface area contributed by atoms with Crippen LogP contribution in [0.1, 0.15) is 79.7 Å². The van der Waals surface area contributed by atoms with E-state index in [2.05, 4.69) is 73.7 Å². The zero-order chi connectivity index (χ0) is 24.2. The molecule has 1 aromatic rings. The Morgan fingerprint density at radius 2 is 1.47 bits per heavy atom. The first-order chi connectivity index (χ1) is 14.7. The molecule has 0 saturated carbocycles. The lowest BCUT2D eigenvalue weighted by Crippen LogP contribution is -2.41. The zero-order valence-corrected chi connectivity index (χ0v) is 23.3. The van der Waals surface area contributed by atoms with E-state index < -0.39 is 8.32 Å². The summed E-state index contributed by atoms with van der Waals surface area (Å²) in [5.74, 6) is 1.28. The average molecular weight is 463 g/mol. The third-order valence-electron chi connectivity index (χ3n) is 7.84. The lowest BCUT2D eigenvalue weighted by molar-refractivity contribution is 0.00578. The van der Waals surface area contributed by atoms with Crippen LogP contribution in [0.2, 0.25) is 23.9 Å². The molecule has 0 bridgehead atoms. The largest absolute Gasteiger partial charge is 0.497 e. The van der Waals surface area contributed by atoms with E-state index in [9.17, 15) is 0 Å². The molecule has 0 N–H and O–H groups in total. The third kappa shape index (κ3) is 7.09. The van der Waals surface area contributed by atoms with Gasteiger partial charge in [-0.2, -0.15) is 0 Å². The maximum Gasteiger partial charge on any atom is 0.461 e. The Hall–Kier alpha value is -0.818. The molecule has 1 saturated heterocycles. The van der Waals surface area contributed by atoms with E-state index in [0.717, 1.165) is 44.5 Å². The van der Waals surface area contributed by atoms with Crippen molar-refractivity contribution in [3.05, 3.63) is 29.8 Å². The summed E-state index contributed by atoms with van der Waals surface area (Å²) < 4.78 is 24.6. The smallest absolute Gasteiger partial charge is 0.461 e. The first-order valence-corrected chi connectivity index (χ1v) is 15.2. The molecule has 0 amide bonds. The number of benzene rings is 1. The van der Waals surface area contributed by atoms with Gasteiger partial charge in [0.25, 0.3) is 0 Å². The van der Waals surface area contributed by atoms with Crippen molar-refractivity contribution >= 4 is 15.4 Å². The molecular weight excluding hydrogens is 415 g/mol. The van der Waals surface area contributed by atoms with Crippen LogP contribution in [0, 0.1) is 0 Å². The highest BCUT2D eigenvalue weighted by Gasteiger charge is 2.53. The maximum absolute atomic E-state index is 6.44. The van der Waals surface area contributed by atoms with Crippen LogP contribution in [0.15, 0.2) is 24.3 Å². The Bertz CT molecular complexity index is 694. The van der Waals surface area contributed by atoms with Gasteiger partial charge in [0.2, 0.25) is 0 Å². The van der Waals surface area contributed by atoms with Gasteiger partial charge in [-0.3, -0.25) is 0 Å². The molecule has 0 spiro atoms. The summed E-state index contributed by atoms with van der Waals surface area (Å²) in [7, 11) is -0.147. The summed E-state index contributed by atoms with van der Waals surface area (Å²) in [5, 5.41) is 0.247. The van der Waals surface area contributed by atoms with Gasteiger partial charge in [0.1, 0.15) is 5.75 Å². The van der Waals surface area contributed by atoms with E-state index in [1.54, 1.807) is 7.11 Å². The Morgan fingerprint density at radius 3 is 1.97 bits per heavy atom. The fourth-order valence-corrected chi connectivity index (χ4v) is 4.84. The van der Waals surface area contributed by atoms with Crippen LogP contribution in [-0.4, -0.2) is 40.4 Å². The Balaban J connectivity index is 1.95. The third-order valence-corrected chi connectivity index (χ3v) is 12.4. The van der Waals surface area contributed by atoms with Crippen LogP contribution >= 0.6 is 0 Å². The van der Waals surface area contributed by atoms with Crippen LogP contribution in [0.5, 0.6) is 5.75 Å². The van der Waals surface area contributed by atoms with E-state index in [1.165, 1.54) is 5.56 Å². The molecule has 1 atom stereocenters. The molecule has 6 heteroatoms. The SMILES string of the molecule is COc1ccc(CCC[C@H](CCCO[Si](C)(C)C(C)(C)C)B2OC(C)(C)C(C)(C)O2)cc1. The highest BCUT2D eigenvalue weighted by atomic mass is 28.4. The molecule has 182 valence electrons. The van der Waals surface area contributed by atoms with Crippen molar-refractivity contribution in [2.75, 3.05) is 13.7 Å². The molecule has 0 radical (unpaired) electrons. The summed E-state index contributed by atoms with van der Waals surface area (Å²) in [6, 6.07) is 8.41. The van der Waals surface area contributed by atoms with E-state index in [4.69, 9.17) is 18.5 Å². The van der Waals surface area contributed by atoms with Crippen molar-refractivity contribution in [2.45, 2.75) is 116 Å². The number of ether oxygens (including phenoxy) is 1. The number of aryl methyl sites for hydroxylation is 1. The molecule has 1 fully saturated rings. The molecule has 0 unspecified atom stereocenters. The summed E-state index contributed by atoms with van der Waals surface area (Å²) in [6.45, 7) is 20.9. The Labute approximate surface area is 199 Å². The van der Waals surface area contributed by atoms with Crippen LogP contribution in [0.3, 0.4) is 0 Å². The van der Waals surface area contributed by atoms with Gasteiger partial charge in [-0.05, 0) is 95.0 Å². The summed E-state index contributed by atoms with van der Waals surface area (Å²) in [4.78, 5) is 0. The fraction of sp³-hybridized carbons (Fsp3) is 0.769. The Kier molecular flexibility index (Phi) is 9.11. The first kappa shape index (κ1) is 27.4. The molecular formula is C26H47BO4Si. The van der Waals surface area contributed by atoms with Gasteiger partial charge < -0.3 is 18.5 Å². The van der Waals surface area contributed by atoms with Crippen molar-refractivity contribution in [1.29, 1.82) is 0 Å². The molecule has 32 heavy (non-hydrogen) atoms. The lowest BCUT2D eigenvalue weighted by Gasteiger charge is -2.36. The minimum atomic E-state index is -1.70. The molecule has 1 heterocycles. The van der Waals surface area contributed by atoms with Gasteiger partial charge in [-0.1, -0.05) is 39.3 Å². The number of rotatable bonds is 11. The average Bonchev–Trinajstić information content (AvgIpc) is 2.90. The van der Waals surface area contributed by atoms with Crippen LogP contribution in [0.4, 0.5) is 0 Å². The second-order valence-corrected chi connectivity index (χ2v) is 16.7. The van der Waals surface area contributed by atoms with Crippen molar-refractivity contribution in [1.82, 2.24) is 0 Å². The van der Waals surface area contributed by atoms with Crippen molar-refractivity contribution in [3.63, 3.8) is 0 Å². The minimum absolute atomic E-state index is 0.149. The highest BCUT2D eigenvalue weighted by Crippen LogP contribution is 2.43. The highest BCUT2D eigenvalue weighted by molar-refractivity contribution is 6.74. The van der Waals surface area contributed by atoms with E-state index in [0.29, 0.717) is 5.82 Å². The van der Waals surface area contributed by atoms with Gasteiger partial charge in [-0.25, -0.2) is 0 Å². The molecule has 1 aliphatic rings. The summed E-state index contributed by atoms with van der Waals surface area (Å²) in [6.07, 6.45) is 5.37. The van der Waals surface area contributed by atoms with E-state index >= 15 is 0 Å². The van der Waals surface area contributed by atoms with Gasteiger partial charge in [0.05, 0.1) is 18.3 Å². The standard InChI is InChI=1S/C26H47BO4Si/c1-24(2,3)32(9,10)29-20-12-15-22(27-30-25(4,5)26(6,7)31-27)14-11-13-21-16-18-23(28-8)19-17-21/h16-19,22H,11-15,20H2,1-10H3/t22-/m1/s1. The second kappa shape index (κ2) is 10.6.